The topological polar surface area (TPSA) is 53.6 Å². The van der Waals surface area contributed by atoms with E-state index in [0.29, 0.717) is 23.6 Å². The number of benzene rings is 1. The number of aryl methyl sites for hydroxylation is 2. The van der Waals surface area contributed by atoms with Gasteiger partial charge in [0.25, 0.3) is 0 Å². The van der Waals surface area contributed by atoms with Crippen LogP contribution in [0.2, 0.25) is 0 Å². The molecule has 1 aromatic heterocycles. The average molecular weight is 323 g/mol. The molecule has 0 amide bonds. The summed E-state index contributed by atoms with van der Waals surface area (Å²) in [7, 11) is 1.76. The number of halogens is 2. The second-order valence-electron chi connectivity index (χ2n) is 4.13. The number of nitrogens with one attached hydrogen (secondary N) is 1. The Morgan fingerprint density at radius 2 is 2.26 bits per heavy atom. The number of nitriles is 1. The fourth-order valence-corrected chi connectivity index (χ4v) is 2.24. The van der Waals surface area contributed by atoms with Crippen molar-refractivity contribution >= 4 is 21.7 Å². The van der Waals surface area contributed by atoms with Gasteiger partial charge in [0, 0.05) is 18.1 Å². The minimum atomic E-state index is -0.290. The van der Waals surface area contributed by atoms with Crippen molar-refractivity contribution in [2.45, 2.75) is 13.5 Å². The molecule has 0 fully saturated rings. The highest BCUT2D eigenvalue weighted by atomic mass is 79.9. The number of hydrogen-bond donors (Lipinski definition) is 1. The Hall–Kier alpha value is -1.87. The Labute approximate surface area is 119 Å². The molecule has 0 aliphatic heterocycles. The lowest BCUT2D eigenvalue weighted by molar-refractivity contribution is 0.625. The van der Waals surface area contributed by atoms with E-state index >= 15 is 0 Å². The third-order valence-corrected chi connectivity index (χ3v) is 3.56. The van der Waals surface area contributed by atoms with E-state index in [-0.39, 0.29) is 5.82 Å². The summed E-state index contributed by atoms with van der Waals surface area (Å²) >= 11 is 3.37. The summed E-state index contributed by atoms with van der Waals surface area (Å²) in [4.78, 5) is 0. The predicted octanol–water partition coefficient (Wildman–Crippen LogP) is 3.11. The van der Waals surface area contributed by atoms with E-state index in [9.17, 15) is 4.39 Å². The molecule has 0 bridgehead atoms. The molecule has 0 saturated carbocycles. The van der Waals surface area contributed by atoms with Crippen molar-refractivity contribution in [3.8, 4) is 6.07 Å². The summed E-state index contributed by atoms with van der Waals surface area (Å²) in [6, 6.07) is 6.62. The van der Waals surface area contributed by atoms with Crippen molar-refractivity contribution in [2.75, 3.05) is 5.32 Å². The smallest absolute Gasteiger partial charge is 0.142 e. The van der Waals surface area contributed by atoms with E-state index in [1.807, 2.05) is 0 Å². The third-order valence-electron chi connectivity index (χ3n) is 2.79. The van der Waals surface area contributed by atoms with Crippen LogP contribution in [0.5, 0.6) is 0 Å². The maximum absolute atomic E-state index is 13.2. The molecule has 98 valence electrons. The molecule has 0 saturated heterocycles. The predicted molar refractivity (Wildman–Crippen MR) is 74.1 cm³/mol. The first-order chi connectivity index (χ1) is 9.02. The van der Waals surface area contributed by atoms with Gasteiger partial charge in [0.15, 0.2) is 0 Å². The van der Waals surface area contributed by atoms with E-state index < -0.39 is 0 Å². The lowest BCUT2D eigenvalue weighted by Crippen LogP contribution is -2.06. The molecular weight excluding hydrogens is 311 g/mol. The normalized spacial score (nSPS) is 10.3. The van der Waals surface area contributed by atoms with Gasteiger partial charge in [-0.2, -0.15) is 10.4 Å². The summed E-state index contributed by atoms with van der Waals surface area (Å²) in [6.45, 7) is 2.19. The van der Waals surface area contributed by atoms with Gasteiger partial charge >= 0.3 is 0 Å². The minimum absolute atomic E-state index is 0.290. The monoisotopic (exact) mass is 322 g/mol. The summed E-state index contributed by atoms with van der Waals surface area (Å²) < 4.78 is 15.6. The van der Waals surface area contributed by atoms with Crippen molar-refractivity contribution < 1.29 is 4.39 Å². The van der Waals surface area contributed by atoms with Crippen LogP contribution >= 0.6 is 15.9 Å². The Balaban J connectivity index is 2.24. The maximum atomic E-state index is 13.2. The van der Waals surface area contributed by atoms with Crippen molar-refractivity contribution in [1.29, 1.82) is 5.26 Å². The first-order valence-corrected chi connectivity index (χ1v) is 6.43. The van der Waals surface area contributed by atoms with Gasteiger partial charge in [-0.15, -0.1) is 0 Å². The van der Waals surface area contributed by atoms with E-state index in [4.69, 9.17) is 5.26 Å². The van der Waals surface area contributed by atoms with Crippen LogP contribution in [0.4, 0.5) is 10.2 Å². The average Bonchev–Trinajstić information content (AvgIpc) is 2.64. The Morgan fingerprint density at radius 3 is 2.95 bits per heavy atom. The standard InChI is InChI=1S/C13H12BrFN4/c1-8-11(6-16)13(19(2)18-8)17-7-9-5-10(15)3-4-12(9)14/h3-5,17H,7H2,1-2H3. The molecule has 2 aromatic rings. The number of hydrogen-bond acceptors (Lipinski definition) is 3. The zero-order valence-electron chi connectivity index (χ0n) is 10.5. The molecule has 0 unspecified atom stereocenters. The minimum Gasteiger partial charge on any atom is -0.365 e. The number of aromatic nitrogens is 2. The molecule has 19 heavy (non-hydrogen) atoms. The SMILES string of the molecule is Cc1nn(C)c(NCc2cc(F)ccc2Br)c1C#N. The highest BCUT2D eigenvalue weighted by Gasteiger charge is 2.12. The fraction of sp³-hybridized carbons (Fsp3) is 0.231. The van der Waals surface area contributed by atoms with Gasteiger partial charge in [-0.25, -0.2) is 4.39 Å². The Bertz CT molecular complexity index is 657. The van der Waals surface area contributed by atoms with Gasteiger partial charge in [-0.3, -0.25) is 4.68 Å². The Kier molecular flexibility index (Phi) is 3.86. The van der Waals surface area contributed by atoms with Crippen LogP contribution in [0, 0.1) is 24.1 Å². The van der Waals surface area contributed by atoms with Crippen molar-refractivity contribution in [3.05, 3.63) is 45.3 Å². The molecule has 0 spiro atoms. The largest absolute Gasteiger partial charge is 0.365 e. The highest BCUT2D eigenvalue weighted by Crippen LogP contribution is 2.22. The lowest BCUT2D eigenvalue weighted by atomic mass is 10.2. The molecule has 0 aliphatic rings. The van der Waals surface area contributed by atoms with Crippen molar-refractivity contribution in [3.63, 3.8) is 0 Å². The van der Waals surface area contributed by atoms with Crippen LogP contribution in [0.15, 0.2) is 22.7 Å². The van der Waals surface area contributed by atoms with Gasteiger partial charge in [0.05, 0.1) is 5.69 Å². The zero-order chi connectivity index (χ0) is 14.0. The molecule has 2 rings (SSSR count). The molecule has 0 aliphatic carbocycles. The molecule has 0 radical (unpaired) electrons. The summed E-state index contributed by atoms with van der Waals surface area (Å²) in [5.74, 6) is 0.345. The highest BCUT2D eigenvalue weighted by molar-refractivity contribution is 9.10. The van der Waals surface area contributed by atoms with Crippen LogP contribution in [0.1, 0.15) is 16.8 Å². The second kappa shape index (κ2) is 5.41. The van der Waals surface area contributed by atoms with Crippen LogP contribution in [-0.4, -0.2) is 9.78 Å². The second-order valence-corrected chi connectivity index (χ2v) is 4.99. The van der Waals surface area contributed by atoms with Gasteiger partial charge in [-0.1, -0.05) is 15.9 Å². The molecule has 0 atom stereocenters. The number of rotatable bonds is 3. The van der Waals surface area contributed by atoms with Crippen LogP contribution in [0.25, 0.3) is 0 Å². The fourth-order valence-electron chi connectivity index (χ4n) is 1.85. The summed E-state index contributed by atoms with van der Waals surface area (Å²) in [5, 5.41) is 16.4. The lowest BCUT2D eigenvalue weighted by Gasteiger charge is -2.09. The van der Waals surface area contributed by atoms with Gasteiger partial charge in [0.1, 0.15) is 23.3 Å². The third kappa shape index (κ3) is 2.76. The van der Waals surface area contributed by atoms with Crippen LogP contribution in [0.3, 0.4) is 0 Å². The van der Waals surface area contributed by atoms with Crippen LogP contribution < -0.4 is 5.32 Å². The van der Waals surface area contributed by atoms with Gasteiger partial charge in [0.2, 0.25) is 0 Å². The van der Waals surface area contributed by atoms with E-state index in [1.165, 1.54) is 12.1 Å². The first-order valence-electron chi connectivity index (χ1n) is 5.64. The molecule has 1 heterocycles. The van der Waals surface area contributed by atoms with Gasteiger partial charge in [-0.05, 0) is 30.7 Å². The molecule has 1 aromatic carbocycles. The molecule has 6 heteroatoms. The van der Waals surface area contributed by atoms with Crippen molar-refractivity contribution in [2.24, 2.45) is 7.05 Å². The molecule has 4 nitrogen and oxygen atoms in total. The zero-order valence-corrected chi connectivity index (χ0v) is 12.1. The molecular formula is C13H12BrFN4. The molecule has 1 N–H and O–H groups in total. The van der Waals surface area contributed by atoms with Crippen LogP contribution in [-0.2, 0) is 13.6 Å². The number of nitrogens with zero attached hydrogens (tertiary/aromatic N) is 3. The number of anilines is 1. The van der Waals surface area contributed by atoms with E-state index in [0.717, 1.165) is 10.0 Å². The quantitative estimate of drug-likeness (QED) is 0.944. The first kappa shape index (κ1) is 13.6. The summed E-state index contributed by atoms with van der Waals surface area (Å²) in [5.41, 5.74) is 1.96. The van der Waals surface area contributed by atoms with E-state index in [1.54, 1.807) is 24.7 Å². The van der Waals surface area contributed by atoms with E-state index in [2.05, 4.69) is 32.4 Å². The Morgan fingerprint density at radius 1 is 1.53 bits per heavy atom. The van der Waals surface area contributed by atoms with Gasteiger partial charge < -0.3 is 5.32 Å². The maximum Gasteiger partial charge on any atom is 0.142 e. The van der Waals surface area contributed by atoms with Crippen molar-refractivity contribution in [1.82, 2.24) is 9.78 Å². The summed E-state index contributed by atoms with van der Waals surface area (Å²) in [6.07, 6.45) is 0.